The lowest BCUT2D eigenvalue weighted by molar-refractivity contribution is 0.299. The van der Waals surface area contributed by atoms with Crippen molar-refractivity contribution in [1.82, 2.24) is 0 Å². The van der Waals surface area contributed by atoms with Crippen LogP contribution >= 0.6 is 0 Å². The summed E-state index contributed by atoms with van der Waals surface area (Å²) in [6, 6.07) is 16.3. The highest BCUT2D eigenvalue weighted by Gasteiger charge is 2.03. The Kier molecular flexibility index (Phi) is 4.04. The molecule has 2 aromatic rings. The second-order valence-corrected chi connectivity index (χ2v) is 3.92. The largest absolute Gasteiger partial charge is 0.508 e. The Morgan fingerprint density at radius 3 is 2.39 bits per heavy atom. The van der Waals surface area contributed by atoms with E-state index in [9.17, 15) is 0 Å². The topological polar surface area (TPSA) is 67.5 Å². The third-order valence-electron chi connectivity index (χ3n) is 2.39. The number of benzene rings is 2. The molecule has 0 aliphatic rings. The second-order valence-electron chi connectivity index (χ2n) is 3.92. The van der Waals surface area contributed by atoms with E-state index in [1.54, 1.807) is 24.3 Å². The number of nitrogens with one attached hydrogen (secondary N) is 1. The van der Waals surface area contributed by atoms with Crippen molar-refractivity contribution >= 4 is 5.69 Å². The first-order valence-electron chi connectivity index (χ1n) is 5.73. The van der Waals surface area contributed by atoms with E-state index in [-0.39, 0.29) is 11.9 Å². The van der Waals surface area contributed by atoms with Crippen molar-refractivity contribution in [2.75, 3.05) is 11.9 Å². The first kappa shape index (κ1) is 12.3. The minimum absolute atomic E-state index is 0.231. The van der Waals surface area contributed by atoms with Gasteiger partial charge in [-0.15, -0.1) is 0 Å². The van der Waals surface area contributed by atoms with E-state index < -0.39 is 0 Å². The molecule has 0 fully saturated rings. The highest BCUT2D eigenvalue weighted by atomic mass is 16.5. The Morgan fingerprint density at radius 2 is 1.72 bits per heavy atom. The van der Waals surface area contributed by atoms with Crippen molar-refractivity contribution in [3.05, 3.63) is 54.6 Å². The van der Waals surface area contributed by atoms with E-state index in [4.69, 9.17) is 15.6 Å². The lowest BCUT2D eigenvalue weighted by Crippen LogP contribution is -2.35. The maximum Gasteiger partial charge on any atom is 0.121 e. The Bertz CT molecular complexity index is 471. The zero-order chi connectivity index (χ0) is 12.8. The van der Waals surface area contributed by atoms with Crippen LogP contribution in [0, 0.1) is 0 Å². The number of phenols is 1. The van der Waals surface area contributed by atoms with Crippen LogP contribution in [0.1, 0.15) is 0 Å². The lowest BCUT2D eigenvalue weighted by Gasteiger charge is -2.16. The van der Waals surface area contributed by atoms with Gasteiger partial charge in [-0.25, -0.2) is 0 Å². The second kappa shape index (κ2) is 5.93. The Hall–Kier alpha value is -2.20. The average molecular weight is 244 g/mol. The molecule has 0 aliphatic carbocycles. The molecule has 0 saturated heterocycles. The van der Waals surface area contributed by atoms with Crippen LogP contribution in [-0.4, -0.2) is 17.9 Å². The maximum absolute atomic E-state index is 9.16. The van der Waals surface area contributed by atoms with Crippen molar-refractivity contribution in [2.45, 2.75) is 6.17 Å². The van der Waals surface area contributed by atoms with Crippen molar-refractivity contribution in [2.24, 2.45) is 5.73 Å². The van der Waals surface area contributed by atoms with E-state index in [0.717, 1.165) is 11.4 Å². The number of anilines is 1. The van der Waals surface area contributed by atoms with Gasteiger partial charge in [0, 0.05) is 5.69 Å². The fourth-order valence-electron chi connectivity index (χ4n) is 1.52. The van der Waals surface area contributed by atoms with E-state index >= 15 is 0 Å². The van der Waals surface area contributed by atoms with Crippen LogP contribution in [0.4, 0.5) is 5.69 Å². The molecule has 4 heteroatoms. The molecule has 0 saturated carbocycles. The van der Waals surface area contributed by atoms with Crippen LogP contribution in [0.5, 0.6) is 11.5 Å². The SMILES string of the molecule is NC(COc1ccccc1)Nc1ccc(O)cc1. The molecule has 0 aromatic heterocycles. The molecule has 1 unspecified atom stereocenters. The van der Waals surface area contributed by atoms with Crippen molar-refractivity contribution in [1.29, 1.82) is 0 Å². The van der Waals surface area contributed by atoms with Crippen LogP contribution in [0.25, 0.3) is 0 Å². The summed E-state index contributed by atoms with van der Waals surface area (Å²) in [4.78, 5) is 0. The number of phenolic OH excluding ortho intramolecular Hbond substituents is 1. The highest BCUT2D eigenvalue weighted by molar-refractivity contribution is 5.46. The van der Waals surface area contributed by atoms with E-state index in [1.807, 2.05) is 30.3 Å². The summed E-state index contributed by atoms with van der Waals surface area (Å²) in [6.45, 7) is 0.366. The first-order chi connectivity index (χ1) is 8.74. The van der Waals surface area contributed by atoms with Gasteiger partial charge in [-0.05, 0) is 36.4 Å². The molecule has 0 radical (unpaired) electrons. The van der Waals surface area contributed by atoms with Gasteiger partial charge in [0.25, 0.3) is 0 Å². The minimum atomic E-state index is -0.310. The highest BCUT2D eigenvalue weighted by Crippen LogP contribution is 2.14. The molecule has 0 aliphatic heterocycles. The number of nitrogens with two attached hydrogens (primary N) is 1. The van der Waals surface area contributed by atoms with Gasteiger partial charge in [0.1, 0.15) is 24.3 Å². The molecule has 2 rings (SSSR count). The standard InChI is InChI=1S/C14H16N2O2/c15-14(10-18-13-4-2-1-3-5-13)16-11-6-8-12(17)9-7-11/h1-9,14,16-17H,10,15H2. The third-order valence-corrected chi connectivity index (χ3v) is 2.39. The number of hydrogen-bond donors (Lipinski definition) is 3. The van der Waals surface area contributed by atoms with Gasteiger partial charge >= 0.3 is 0 Å². The molecular formula is C14H16N2O2. The summed E-state index contributed by atoms with van der Waals surface area (Å²) in [5.41, 5.74) is 6.74. The van der Waals surface area contributed by atoms with E-state index in [1.165, 1.54) is 0 Å². The molecule has 2 aromatic carbocycles. The zero-order valence-electron chi connectivity index (χ0n) is 9.91. The molecular weight excluding hydrogens is 228 g/mol. The summed E-state index contributed by atoms with van der Waals surface area (Å²) < 4.78 is 5.53. The normalized spacial score (nSPS) is 11.8. The fourth-order valence-corrected chi connectivity index (χ4v) is 1.52. The molecule has 1 atom stereocenters. The van der Waals surface area contributed by atoms with Gasteiger partial charge in [-0.2, -0.15) is 0 Å². The lowest BCUT2D eigenvalue weighted by atomic mass is 10.3. The van der Waals surface area contributed by atoms with Gasteiger partial charge in [0.2, 0.25) is 0 Å². The van der Waals surface area contributed by atoms with Crippen molar-refractivity contribution < 1.29 is 9.84 Å². The zero-order valence-corrected chi connectivity index (χ0v) is 9.91. The predicted octanol–water partition coefficient (Wildman–Crippen LogP) is 2.17. The quantitative estimate of drug-likeness (QED) is 0.557. The Morgan fingerprint density at radius 1 is 1.06 bits per heavy atom. The van der Waals surface area contributed by atoms with E-state index in [0.29, 0.717) is 6.61 Å². The number of rotatable bonds is 5. The van der Waals surface area contributed by atoms with Gasteiger partial charge in [-0.1, -0.05) is 18.2 Å². The summed E-state index contributed by atoms with van der Waals surface area (Å²) >= 11 is 0. The van der Waals surface area contributed by atoms with Crippen LogP contribution in [0.15, 0.2) is 54.6 Å². The van der Waals surface area contributed by atoms with Crippen LogP contribution in [0.3, 0.4) is 0 Å². The summed E-state index contributed by atoms with van der Waals surface area (Å²) in [6.07, 6.45) is -0.310. The predicted molar refractivity (Wildman–Crippen MR) is 71.6 cm³/mol. The number of hydrogen-bond acceptors (Lipinski definition) is 4. The van der Waals surface area contributed by atoms with Crippen LogP contribution < -0.4 is 15.8 Å². The Labute approximate surface area is 106 Å². The molecule has 4 N–H and O–H groups in total. The smallest absolute Gasteiger partial charge is 0.121 e. The number of aromatic hydroxyl groups is 1. The monoisotopic (exact) mass is 244 g/mol. The number of ether oxygens (including phenoxy) is 1. The number of para-hydroxylation sites is 1. The molecule has 0 bridgehead atoms. The maximum atomic E-state index is 9.16. The van der Waals surface area contributed by atoms with Gasteiger partial charge in [0.15, 0.2) is 0 Å². The van der Waals surface area contributed by atoms with Crippen molar-refractivity contribution in [3.8, 4) is 11.5 Å². The summed E-state index contributed by atoms with van der Waals surface area (Å²) in [5, 5.41) is 12.2. The molecule has 94 valence electrons. The molecule has 0 spiro atoms. The third kappa shape index (κ3) is 3.68. The summed E-state index contributed by atoms with van der Waals surface area (Å²) in [5.74, 6) is 1.02. The fraction of sp³-hybridized carbons (Fsp3) is 0.143. The molecule has 0 heterocycles. The van der Waals surface area contributed by atoms with Crippen molar-refractivity contribution in [3.63, 3.8) is 0 Å². The summed E-state index contributed by atoms with van der Waals surface area (Å²) in [7, 11) is 0. The van der Waals surface area contributed by atoms with Gasteiger partial charge in [-0.3, -0.25) is 0 Å². The Balaban J connectivity index is 1.82. The first-order valence-corrected chi connectivity index (χ1v) is 5.73. The molecule has 4 nitrogen and oxygen atoms in total. The van der Waals surface area contributed by atoms with Gasteiger partial charge < -0.3 is 20.9 Å². The molecule has 0 amide bonds. The van der Waals surface area contributed by atoms with Gasteiger partial charge in [0.05, 0.1) is 0 Å². The molecule has 18 heavy (non-hydrogen) atoms. The van der Waals surface area contributed by atoms with Crippen LogP contribution in [0.2, 0.25) is 0 Å². The van der Waals surface area contributed by atoms with E-state index in [2.05, 4.69) is 5.32 Å². The van der Waals surface area contributed by atoms with Crippen LogP contribution in [-0.2, 0) is 0 Å². The minimum Gasteiger partial charge on any atom is -0.508 e. The average Bonchev–Trinajstić information content (AvgIpc) is 2.40.